The number of ether oxygens (including phenoxy) is 1. The van der Waals surface area contributed by atoms with Gasteiger partial charge in [0.25, 0.3) is 0 Å². The fourth-order valence-electron chi connectivity index (χ4n) is 7.12. The van der Waals surface area contributed by atoms with E-state index in [-0.39, 0.29) is 5.60 Å². The van der Waals surface area contributed by atoms with Gasteiger partial charge in [-0.05, 0) is 86.5 Å². The maximum absolute atomic E-state index is 11.9. The third-order valence-corrected chi connectivity index (χ3v) is 8.94. The van der Waals surface area contributed by atoms with E-state index in [0.717, 1.165) is 37.0 Å². The van der Waals surface area contributed by atoms with E-state index in [1.807, 2.05) is 13.2 Å². The molecule has 0 N–H and O–H groups in total. The summed E-state index contributed by atoms with van der Waals surface area (Å²) in [6, 6.07) is 0. The Morgan fingerprint density at radius 1 is 1.00 bits per heavy atom. The second kappa shape index (κ2) is 4.94. The highest BCUT2D eigenvalue weighted by molar-refractivity contribution is 5.91. The van der Waals surface area contributed by atoms with Gasteiger partial charge >= 0.3 is 0 Å². The summed E-state index contributed by atoms with van der Waals surface area (Å²) in [6.07, 6.45) is 11.5. The first-order chi connectivity index (χ1) is 10.8. The quantitative estimate of drug-likeness (QED) is 0.686. The number of ketones is 1. The van der Waals surface area contributed by atoms with Crippen LogP contribution in [0, 0.1) is 28.6 Å². The molecule has 0 bridgehead atoms. The first-order valence-electron chi connectivity index (χ1n) is 9.63. The maximum atomic E-state index is 11.9. The van der Waals surface area contributed by atoms with Gasteiger partial charge in [-0.25, -0.2) is 0 Å². The van der Waals surface area contributed by atoms with Crippen molar-refractivity contribution < 1.29 is 9.53 Å². The summed E-state index contributed by atoms with van der Waals surface area (Å²) in [7, 11) is 1.91. The number of methoxy groups -OCH3 is 1. The number of carbonyl (C=O) groups excluding carboxylic acids is 1. The molecular weight excluding hydrogens is 284 g/mol. The largest absolute Gasteiger partial charge is 0.378 e. The minimum absolute atomic E-state index is 0.0577. The lowest BCUT2D eigenvalue weighted by Gasteiger charge is -2.59. The Labute approximate surface area is 141 Å². The molecule has 0 aliphatic heterocycles. The highest BCUT2D eigenvalue weighted by Gasteiger charge is 2.62. The molecule has 0 saturated heterocycles. The Morgan fingerprint density at radius 2 is 1.74 bits per heavy atom. The number of hydrogen-bond acceptors (Lipinski definition) is 2. The summed E-state index contributed by atoms with van der Waals surface area (Å²) in [6.45, 7) is 7.32. The summed E-state index contributed by atoms with van der Waals surface area (Å²) < 4.78 is 6.04. The van der Waals surface area contributed by atoms with Crippen LogP contribution in [-0.4, -0.2) is 18.5 Å². The molecule has 4 rings (SSSR count). The van der Waals surface area contributed by atoms with E-state index in [1.54, 1.807) is 0 Å². The smallest absolute Gasteiger partial charge is 0.155 e. The molecule has 4 aliphatic carbocycles. The topological polar surface area (TPSA) is 26.3 Å². The molecule has 6 unspecified atom stereocenters. The van der Waals surface area contributed by atoms with Crippen LogP contribution in [0.5, 0.6) is 0 Å². The van der Waals surface area contributed by atoms with Crippen molar-refractivity contribution in [2.24, 2.45) is 28.6 Å². The van der Waals surface area contributed by atoms with Crippen molar-refractivity contribution in [1.29, 1.82) is 0 Å². The minimum Gasteiger partial charge on any atom is -0.378 e. The van der Waals surface area contributed by atoms with Gasteiger partial charge in [0.15, 0.2) is 5.78 Å². The molecule has 128 valence electrons. The predicted octanol–water partition coefficient (Wildman–Crippen LogP) is 4.92. The van der Waals surface area contributed by atoms with E-state index in [0.29, 0.717) is 16.6 Å². The number of fused-ring (bicyclic) bond motifs is 5. The minimum atomic E-state index is 0.0577. The van der Waals surface area contributed by atoms with Gasteiger partial charge in [-0.2, -0.15) is 0 Å². The van der Waals surface area contributed by atoms with E-state index in [2.05, 4.69) is 20.8 Å². The Balaban J connectivity index is 1.69. The van der Waals surface area contributed by atoms with E-state index in [9.17, 15) is 4.79 Å². The van der Waals surface area contributed by atoms with Gasteiger partial charge in [-0.1, -0.05) is 19.4 Å². The van der Waals surface area contributed by atoms with Crippen molar-refractivity contribution in [3.8, 4) is 0 Å². The van der Waals surface area contributed by atoms with Crippen LogP contribution >= 0.6 is 0 Å². The molecule has 0 spiro atoms. The fourth-order valence-corrected chi connectivity index (χ4v) is 7.12. The third kappa shape index (κ3) is 1.94. The molecule has 0 amide bonds. The second-order valence-corrected chi connectivity index (χ2v) is 9.40. The SMILES string of the molecule is COC1(C)CCC2C3CCC4=CC(=O)CCC4(C)C3CCC21C. The standard InChI is InChI=1S/C21H32O2/c1-19-10-7-15(22)13-14(19)5-6-16-17(19)8-11-20(2)18(16)9-12-21(20,3)23-4/h13,16-18H,5-12H2,1-4H3. The zero-order valence-corrected chi connectivity index (χ0v) is 15.3. The molecule has 6 atom stereocenters. The van der Waals surface area contributed by atoms with Crippen LogP contribution in [0.15, 0.2) is 11.6 Å². The molecule has 0 heterocycles. The summed E-state index contributed by atoms with van der Waals surface area (Å²) >= 11 is 0. The summed E-state index contributed by atoms with van der Waals surface area (Å²) in [5, 5.41) is 0. The fraction of sp³-hybridized carbons (Fsp3) is 0.857. The molecule has 3 saturated carbocycles. The lowest BCUT2D eigenvalue weighted by Crippen LogP contribution is -2.54. The number of allylic oxidation sites excluding steroid dienone is 1. The van der Waals surface area contributed by atoms with Gasteiger partial charge in [-0.15, -0.1) is 0 Å². The lowest BCUT2D eigenvalue weighted by molar-refractivity contribution is -0.136. The highest BCUT2D eigenvalue weighted by Crippen LogP contribution is 2.67. The molecule has 2 heteroatoms. The predicted molar refractivity (Wildman–Crippen MR) is 92.1 cm³/mol. The zero-order valence-electron chi connectivity index (χ0n) is 15.3. The van der Waals surface area contributed by atoms with E-state index < -0.39 is 0 Å². The molecule has 3 fully saturated rings. The second-order valence-electron chi connectivity index (χ2n) is 9.40. The third-order valence-electron chi connectivity index (χ3n) is 8.94. The summed E-state index contributed by atoms with van der Waals surface area (Å²) in [5.74, 6) is 2.79. The van der Waals surface area contributed by atoms with Crippen molar-refractivity contribution in [3.05, 3.63) is 11.6 Å². The normalized spacial score (nSPS) is 52.4. The van der Waals surface area contributed by atoms with Gasteiger partial charge in [0.2, 0.25) is 0 Å². The molecule has 0 aromatic heterocycles. The van der Waals surface area contributed by atoms with Crippen molar-refractivity contribution in [1.82, 2.24) is 0 Å². The molecule has 23 heavy (non-hydrogen) atoms. The zero-order chi connectivity index (χ0) is 16.5. The van der Waals surface area contributed by atoms with Crippen molar-refractivity contribution >= 4 is 5.78 Å². The maximum Gasteiger partial charge on any atom is 0.155 e. The molecule has 0 aromatic rings. The van der Waals surface area contributed by atoms with Crippen LogP contribution in [0.25, 0.3) is 0 Å². The van der Waals surface area contributed by atoms with Gasteiger partial charge in [0, 0.05) is 13.5 Å². The van der Waals surface area contributed by atoms with Crippen molar-refractivity contribution in [3.63, 3.8) is 0 Å². The Kier molecular flexibility index (Phi) is 3.41. The summed E-state index contributed by atoms with van der Waals surface area (Å²) in [4.78, 5) is 11.9. The molecule has 0 aromatic carbocycles. The van der Waals surface area contributed by atoms with Crippen LogP contribution in [0.1, 0.15) is 72.1 Å². The van der Waals surface area contributed by atoms with Crippen LogP contribution in [0.2, 0.25) is 0 Å². The average molecular weight is 316 g/mol. The number of rotatable bonds is 1. The first kappa shape index (κ1) is 15.9. The van der Waals surface area contributed by atoms with E-state index in [4.69, 9.17) is 4.74 Å². The van der Waals surface area contributed by atoms with Gasteiger partial charge in [0.1, 0.15) is 0 Å². The number of carbonyl (C=O) groups is 1. The Hall–Kier alpha value is -0.630. The van der Waals surface area contributed by atoms with Crippen molar-refractivity contribution in [2.45, 2.75) is 77.7 Å². The average Bonchev–Trinajstić information content (AvgIpc) is 2.80. The van der Waals surface area contributed by atoms with Crippen LogP contribution in [0.4, 0.5) is 0 Å². The van der Waals surface area contributed by atoms with Gasteiger partial charge in [0.05, 0.1) is 5.60 Å². The molecule has 0 radical (unpaired) electrons. The van der Waals surface area contributed by atoms with Gasteiger partial charge < -0.3 is 4.74 Å². The molecule has 4 aliphatic rings. The van der Waals surface area contributed by atoms with Crippen LogP contribution in [-0.2, 0) is 9.53 Å². The Bertz CT molecular complexity index is 564. The lowest BCUT2D eigenvalue weighted by atomic mass is 9.46. The van der Waals surface area contributed by atoms with Gasteiger partial charge in [-0.3, -0.25) is 4.79 Å². The van der Waals surface area contributed by atoms with Crippen LogP contribution < -0.4 is 0 Å². The van der Waals surface area contributed by atoms with Crippen molar-refractivity contribution in [2.75, 3.05) is 7.11 Å². The first-order valence-corrected chi connectivity index (χ1v) is 9.63. The molecular formula is C21H32O2. The van der Waals surface area contributed by atoms with E-state index in [1.165, 1.54) is 37.7 Å². The Morgan fingerprint density at radius 3 is 2.48 bits per heavy atom. The monoisotopic (exact) mass is 316 g/mol. The molecule has 2 nitrogen and oxygen atoms in total. The van der Waals surface area contributed by atoms with Crippen LogP contribution in [0.3, 0.4) is 0 Å². The summed E-state index contributed by atoms with van der Waals surface area (Å²) in [5.41, 5.74) is 2.17. The number of hydrogen-bond donors (Lipinski definition) is 0. The van der Waals surface area contributed by atoms with E-state index >= 15 is 0 Å². The highest BCUT2D eigenvalue weighted by atomic mass is 16.5.